The molecule has 0 saturated carbocycles. The highest BCUT2D eigenvalue weighted by Gasteiger charge is 2.34. The van der Waals surface area contributed by atoms with Crippen molar-refractivity contribution < 1.29 is 24.1 Å². The van der Waals surface area contributed by atoms with Gasteiger partial charge in [0.25, 0.3) is 0 Å². The van der Waals surface area contributed by atoms with Crippen LogP contribution in [0.5, 0.6) is 5.75 Å². The number of carbonyl (C=O) groups is 1. The Morgan fingerprint density at radius 3 is 2.64 bits per heavy atom. The Bertz CT molecular complexity index is 1390. The number of amides is 1. The lowest BCUT2D eigenvalue weighted by molar-refractivity contribution is -0.132. The third-order valence-corrected chi connectivity index (χ3v) is 8.84. The van der Waals surface area contributed by atoms with E-state index < -0.39 is 6.17 Å². The number of fused-ring (bicyclic) bond motifs is 3. The number of hydrogen-bond acceptors (Lipinski definition) is 7. The van der Waals surface area contributed by atoms with Crippen LogP contribution in [0.15, 0.2) is 64.4 Å². The number of ether oxygens (including phenoxy) is 3. The van der Waals surface area contributed by atoms with Gasteiger partial charge in [-0.25, -0.2) is 0 Å². The van der Waals surface area contributed by atoms with Crippen LogP contribution < -0.4 is 5.32 Å². The molecule has 1 aromatic heterocycles. The molecule has 2 unspecified atom stereocenters. The Kier molecular flexibility index (Phi) is 9.71. The van der Waals surface area contributed by atoms with E-state index in [4.69, 9.17) is 14.2 Å². The van der Waals surface area contributed by atoms with Crippen LogP contribution in [0, 0.1) is 6.92 Å². The average molecular weight is 616 g/mol. The molecule has 0 radical (unpaired) electrons. The molecule has 9 heteroatoms. The number of phenolic OH excluding ortho intramolecular Hbond substituents is 1. The van der Waals surface area contributed by atoms with Gasteiger partial charge in [-0.2, -0.15) is 0 Å². The number of phenols is 1. The van der Waals surface area contributed by atoms with Crippen molar-refractivity contribution in [3.05, 3.63) is 81.0 Å². The average Bonchev–Trinajstić information content (AvgIpc) is 3.24. The van der Waals surface area contributed by atoms with Crippen LogP contribution in [0.4, 0.5) is 5.00 Å². The summed E-state index contributed by atoms with van der Waals surface area (Å²) >= 11 is 5.22. The van der Waals surface area contributed by atoms with Gasteiger partial charge in [0.05, 0.1) is 29.8 Å². The number of aromatic hydroxyl groups is 1. The number of rotatable bonds is 10. The standard InChI is InChI=1S/C30H35BrN2O5S/c1-18-11-12-24(34)28-26(18)22-16-25(35)33(17-20-9-7-6-8-10-20)29(32-30(22)39-28)21(13-14-36-3)15-23(31)27(38-5)19(2)37-4/h6-13,19,29,32,34H,14-17H2,1-5H3/b21-13+,27-23-. The topological polar surface area (TPSA) is 80.3 Å². The number of nitrogens with zero attached hydrogens (tertiary/aromatic N) is 1. The Hall–Kier alpha value is -2.85. The molecule has 7 nitrogen and oxygen atoms in total. The monoisotopic (exact) mass is 614 g/mol. The van der Waals surface area contributed by atoms with E-state index in [1.54, 1.807) is 27.4 Å². The molecular weight excluding hydrogens is 580 g/mol. The lowest BCUT2D eigenvalue weighted by atomic mass is 10.0. The van der Waals surface area contributed by atoms with Crippen molar-refractivity contribution >= 4 is 48.3 Å². The van der Waals surface area contributed by atoms with E-state index in [2.05, 4.69) is 21.2 Å². The highest BCUT2D eigenvalue weighted by atomic mass is 79.9. The summed E-state index contributed by atoms with van der Waals surface area (Å²) in [6, 6.07) is 13.6. The summed E-state index contributed by atoms with van der Waals surface area (Å²) in [5.41, 5.74) is 3.92. The van der Waals surface area contributed by atoms with Gasteiger partial charge in [0.15, 0.2) is 0 Å². The van der Waals surface area contributed by atoms with Crippen LogP contribution in [0.25, 0.3) is 10.1 Å². The zero-order chi connectivity index (χ0) is 28.1. The zero-order valence-electron chi connectivity index (χ0n) is 22.9. The van der Waals surface area contributed by atoms with Crippen molar-refractivity contribution in [1.82, 2.24) is 4.90 Å². The quantitative estimate of drug-likeness (QED) is 0.201. The first kappa shape index (κ1) is 29.1. The molecule has 1 amide bonds. The highest BCUT2D eigenvalue weighted by molar-refractivity contribution is 9.11. The van der Waals surface area contributed by atoms with Gasteiger partial charge in [0, 0.05) is 42.6 Å². The molecule has 0 spiro atoms. The lowest BCUT2D eigenvalue weighted by Crippen LogP contribution is -2.45. The summed E-state index contributed by atoms with van der Waals surface area (Å²) in [7, 11) is 4.91. The summed E-state index contributed by atoms with van der Waals surface area (Å²) < 4.78 is 18.2. The lowest BCUT2D eigenvalue weighted by Gasteiger charge is -2.33. The normalized spacial score (nSPS) is 17.4. The van der Waals surface area contributed by atoms with Crippen LogP contribution >= 0.6 is 27.3 Å². The van der Waals surface area contributed by atoms with Crippen molar-refractivity contribution in [2.24, 2.45) is 0 Å². The van der Waals surface area contributed by atoms with Crippen molar-refractivity contribution in [3.8, 4) is 5.75 Å². The fourth-order valence-corrected chi connectivity index (χ4v) is 6.94. The van der Waals surface area contributed by atoms with Gasteiger partial charge in [-0.3, -0.25) is 4.79 Å². The summed E-state index contributed by atoms with van der Waals surface area (Å²) in [6.07, 6.45) is 2.00. The molecule has 0 saturated heterocycles. The largest absolute Gasteiger partial charge is 0.506 e. The molecule has 2 N–H and O–H groups in total. The summed E-state index contributed by atoms with van der Waals surface area (Å²) in [6.45, 7) is 4.75. The third-order valence-electron chi connectivity index (χ3n) is 6.98. The summed E-state index contributed by atoms with van der Waals surface area (Å²) in [5.74, 6) is 0.899. The summed E-state index contributed by atoms with van der Waals surface area (Å²) in [5, 5.41) is 16.1. The number of benzene rings is 2. The molecule has 1 aliphatic rings. The molecular formula is C30H35BrN2O5S. The van der Waals surface area contributed by atoms with Crippen LogP contribution in [0.2, 0.25) is 0 Å². The van der Waals surface area contributed by atoms with Crippen LogP contribution in [-0.4, -0.2) is 56.1 Å². The maximum atomic E-state index is 14.0. The first-order chi connectivity index (χ1) is 18.8. The molecule has 3 aromatic rings. The molecule has 0 fully saturated rings. The van der Waals surface area contributed by atoms with Crippen molar-refractivity contribution in [2.75, 3.05) is 33.3 Å². The number of methoxy groups -OCH3 is 3. The maximum Gasteiger partial charge on any atom is 0.229 e. The molecule has 4 rings (SSSR count). The second-order valence-electron chi connectivity index (χ2n) is 9.51. The fraction of sp³-hybridized carbons (Fsp3) is 0.367. The first-order valence-corrected chi connectivity index (χ1v) is 14.4. The van der Waals surface area contributed by atoms with E-state index in [1.807, 2.05) is 61.2 Å². The number of carbonyl (C=O) groups excluding carboxylic acids is 1. The highest BCUT2D eigenvalue weighted by Crippen LogP contribution is 2.45. The molecule has 2 atom stereocenters. The van der Waals surface area contributed by atoms with E-state index in [-0.39, 0.29) is 24.2 Å². The summed E-state index contributed by atoms with van der Waals surface area (Å²) in [4.78, 5) is 15.9. The molecule has 39 heavy (non-hydrogen) atoms. The second-order valence-corrected chi connectivity index (χ2v) is 11.5. The number of aryl methyl sites for hydroxylation is 1. The Labute approximate surface area is 242 Å². The molecule has 2 aromatic carbocycles. The number of nitrogens with one attached hydrogen (secondary N) is 1. The van der Waals surface area contributed by atoms with Crippen molar-refractivity contribution in [3.63, 3.8) is 0 Å². The molecule has 0 aliphatic carbocycles. The predicted molar refractivity (Wildman–Crippen MR) is 160 cm³/mol. The molecule has 2 heterocycles. The predicted octanol–water partition coefficient (Wildman–Crippen LogP) is 6.49. The first-order valence-electron chi connectivity index (χ1n) is 12.8. The SMILES string of the molecule is COC/C=C(\C/C(Br)=C(/OC)C(C)OC)C1Nc2sc3c(O)ccc(C)c3c2CC(=O)N1Cc1ccccc1. The van der Waals surface area contributed by atoms with Crippen molar-refractivity contribution in [1.29, 1.82) is 0 Å². The number of anilines is 1. The fourth-order valence-electron chi connectivity index (χ4n) is 4.90. The molecule has 1 aliphatic heterocycles. The number of halogens is 1. The zero-order valence-corrected chi connectivity index (χ0v) is 25.3. The minimum Gasteiger partial charge on any atom is -0.506 e. The van der Waals surface area contributed by atoms with E-state index in [0.29, 0.717) is 25.3 Å². The Balaban J connectivity index is 1.85. The Morgan fingerprint density at radius 1 is 1.23 bits per heavy atom. The van der Waals surface area contributed by atoms with Gasteiger partial charge in [0.1, 0.15) is 23.8 Å². The van der Waals surface area contributed by atoms with E-state index in [1.165, 1.54) is 11.3 Å². The van der Waals surface area contributed by atoms with Gasteiger partial charge >= 0.3 is 0 Å². The van der Waals surface area contributed by atoms with Crippen LogP contribution in [-0.2, 0) is 32.0 Å². The second kappa shape index (κ2) is 13.0. The van der Waals surface area contributed by atoms with Gasteiger partial charge in [-0.1, -0.05) is 58.4 Å². The number of allylic oxidation sites excluding steroid dienone is 1. The minimum absolute atomic E-state index is 0.00168. The smallest absolute Gasteiger partial charge is 0.229 e. The molecule has 0 bridgehead atoms. The van der Waals surface area contributed by atoms with Gasteiger partial charge in [-0.15, -0.1) is 11.3 Å². The van der Waals surface area contributed by atoms with E-state index >= 15 is 0 Å². The van der Waals surface area contributed by atoms with Crippen LogP contribution in [0.3, 0.4) is 0 Å². The number of hydrogen-bond donors (Lipinski definition) is 2. The van der Waals surface area contributed by atoms with E-state index in [0.717, 1.165) is 41.8 Å². The number of thiophene rings is 1. The maximum absolute atomic E-state index is 14.0. The van der Waals surface area contributed by atoms with Crippen molar-refractivity contribution in [2.45, 2.75) is 45.5 Å². The Morgan fingerprint density at radius 2 is 1.97 bits per heavy atom. The van der Waals surface area contributed by atoms with Gasteiger partial charge < -0.3 is 29.5 Å². The van der Waals surface area contributed by atoms with Gasteiger partial charge in [0.2, 0.25) is 5.91 Å². The third kappa shape index (κ3) is 6.32. The van der Waals surface area contributed by atoms with E-state index in [9.17, 15) is 9.90 Å². The van der Waals surface area contributed by atoms with Crippen LogP contribution in [0.1, 0.15) is 30.0 Å². The molecule has 208 valence electrons. The minimum atomic E-state index is -0.465. The van der Waals surface area contributed by atoms with Gasteiger partial charge in [-0.05, 0) is 36.6 Å².